The quantitative estimate of drug-likeness (QED) is 0.358. The van der Waals surface area contributed by atoms with Crippen molar-refractivity contribution in [2.75, 3.05) is 5.75 Å². The Morgan fingerprint density at radius 3 is 2.79 bits per heavy atom. The Kier molecular flexibility index (Phi) is 6.74. The van der Waals surface area contributed by atoms with Gasteiger partial charge in [0.25, 0.3) is 5.91 Å². The molecule has 0 aliphatic carbocycles. The second-order valence-corrected chi connectivity index (χ2v) is 6.70. The fourth-order valence-corrected chi connectivity index (χ4v) is 2.85. The SMILES string of the molecule is Cn1cnnc1SCC(=O)N/N=C/c1ccc(OCc2ccccc2F)cc1. The van der Waals surface area contributed by atoms with Crippen LogP contribution in [0.1, 0.15) is 11.1 Å². The Bertz CT molecular complexity index is 959. The lowest BCUT2D eigenvalue weighted by atomic mass is 10.2. The van der Waals surface area contributed by atoms with Crippen LogP contribution < -0.4 is 10.2 Å². The maximum absolute atomic E-state index is 13.6. The molecule has 3 rings (SSSR count). The molecular formula is C19H18FN5O2S. The Hall–Kier alpha value is -3.20. The fourth-order valence-electron chi connectivity index (χ4n) is 2.17. The zero-order chi connectivity index (χ0) is 19.8. The number of thioether (sulfide) groups is 1. The molecule has 0 bridgehead atoms. The van der Waals surface area contributed by atoms with Gasteiger partial charge < -0.3 is 9.30 Å². The second kappa shape index (κ2) is 9.65. The summed E-state index contributed by atoms with van der Waals surface area (Å²) in [6.45, 7) is 0.152. The van der Waals surface area contributed by atoms with Crippen LogP contribution in [0.2, 0.25) is 0 Å². The standard InChI is InChI=1S/C19H18FN5O2S/c1-25-13-22-24-19(25)28-12-18(26)23-21-10-14-6-8-16(9-7-14)27-11-15-4-2-3-5-17(15)20/h2-10,13H,11-12H2,1H3,(H,23,26)/b21-10+. The molecule has 1 N–H and O–H groups in total. The molecule has 2 aromatic carbocycles. The fraction of sp³-hybridized carbons (Fsp3) is 0.158. The van der Waals surface area contributed by atoms with Gasteiger partial charge in [-0.3, -0.25) is 4.79 Å². The van der Waals surface area contributed by atoms with Gasteiger partial charge in [-0.15, -0.1) is 10.2 Å². The molecule has 0 atom stereocenters. The van der Waals surface area contributed by atoms with Crippen molar-refractivity contribution in [2.45, 2.75) is 11.8 Å². The minimum Gasteiger partial charge on any atom is -0.489 e. The summed E-state index contributed by atoms with van der Waals surface area (Å²) in [7, 11) is 1.81. The Morgan fingerprint density at radius 1 is 1.29 bits per heavy atom. The number of ether oxygens (including phenoxy) is 1. The van der Waals surface area contributed by atoms with E-state index in [1.165, 1.54) is 24.0 Å². The molecule has 0 aliphatic rings. The first-order chi connectivity index (χ1) is 13.6. The van der Waals surface area contributed by atoms with E-state index in [0.717, 1.165) is 5.56 Å². The van der Waals surface area contributed by atoms with Crippen molar-refractivity contribution >= 4 is 23.9 Å². The normalized spacial score (nSPS) is 10.9. The first kappa shape index (κ1) is 19.6. The van der Waals surface area contributed by atoms with Crippen LogP contribution >= 0.6 is 11.8 Å². The highest BCUT2D eigenvalue weighted by atomic mass is 32.2. The number of benzene rings is 2. The average molecular weight is 399 g/mol. The van der Waals surface area contributed by atoms with Gasteiger partial charge in [0.2, 0.25) is 0 Å². The Labute approximate surface area is 165 Å². The summed E-state index contributed by atoms with van der Waals surface area (Å²) in [5.74, 6) is 0.269. The summed E-state index contributed by atoms with van der Waals surface area (Å²) < 4.78 is 20.9. The summed E-state index contributed by atoms with van der Waals surface area (Å²) in [6.07, 6.45) is 3.10. The lowest BCUT2D eigenvalue weighted by Crippen LogP contribution is -2.19. The van der Waals surface area contributed by atoms with Gasteiger partial charge in [-0.25, -0.2) is 9.82 Å². The number of rotatable bonds is 8. The van der Waals surface area contributed by atoms with Gasteiger partial charge in [-0.05, 0) is 35.9 Å². The summed E-state index contributed by atoms with van der Waals surface area (Å²) in [5.41, 5.74) is 3.75. The van der Waals surface area contributed by atoms with Gasteiger partial charge in [-0.2, -0.15) is 5.10 Å². The molecule has 7 nitrogen and oxygen atoms in total. The van der Waals surface area contributed by atoms with Gasteiger partial charge in [0.15, 0.2) is 5.16 Å². The van der Waals surface area contributed by atoms with Gasteiger partial charge in [0.05, 0.1) is 12.0 Å². The van der Waals surface area contributed by atoms with Crippen LogP contribution in [0.5, 0.6) is 5.75 Å². The van der Waals surface area contributed by atoms with Crippen LogP contribution in [-0.4, -0.2) is 32.6 Å². The van der Waals surface area contributed by atoms with E-state index >= 15 is 0 Å². The molecule has 144 valence electrons. The number of carbonyl (C=O) groups excluding carboxylic acids is 1. The minimum absolute atomic E-state index is 0.152. The number of hydrogen-bond acceptors (Lipinski definition) is 6. The van der Waals surface area contributed by atoms with Crippen LogP contribution in [0.3, 0.4) is 0 Å². The van der Waals surface area contributed by atoms with E-state index in [-0.39, 0.29) is 24.1 Å². The minimum atomic E-state index is -0.292. The maximum atomic E-state index is 13.6. The van der Waals surface area contributed by atoms with Crippen molar-refractivity contribution in [3.8, 4) is 5.75 Å². The summed E-state index contributed by atoms with van der Waals surface area (Å²) in [4.78, 5) is 11.8. The molecule has 0 aliphatic heterocycles. The molecule has 1 heterocycles. The third-order valence-electron chi connectivity index (χ3n) is 3.64. The van der Waals surface area contributed by atoms with Crippen molar-refractivity contribution in [2.24, 2.45) is 12.1 Å². The molecule has 0 saturated carbocycles. The van der Waals surface area contributed by atoms with Crippen molar-refractivity contribution in [3.63, 3.8) is 0 Å². The summed E-state index contributed by atoms with van der Waals surface area (Å²) >= 11 is 1.27. The van der Waals surface area contributed by atoms with Crippen LogP contribution in [0.4, 0.5) is 4.39 Å². The first-order valence-corrected chi connectivity index (χ1v) is 9.35. The zero-order valence-electron chi connectivity index (χ0n) is 15.1. The van der Waals surface area contributed by atoms with Crippen LogP contribution in [0.25, 0.3) is 0 Å². The van der Waals surface area contributed by atoms with Crippen LogP contribution in [0.15, 0.2) is 65.1 Å². The van der Waals surface area contributed by atoms with Crippen molar-refractivity contribution in [3.05, 3.63) is 71.8 Å². The molecule has 28 heavy (non-hydrogen) atoms. The number of hydrogen-bond donors (Lipinski definition) is 1. The average Bonchev–Trinajstić information content (AvgIpc) is 3.11. The second-order valence-electron chi connectivity index (χ2n) is 5.76. The van der Waals surface area contributed by atoms with E-state index in [0.29, 0.717) is 16.5 Å². The van der Waals surface area contributed by atoms with Crippen molar-refractivity contribution in [1.82, 2.24) is 20.2 Å². The van der Waals surface area contributed by atoms with E-state index in [1.807, 2.05) is 7.05 Å². The summed E-state index contributed by atoms with van der Waals surface area (Å²) in [5, 5.41) is 12.2. The highest BCUT2D eigenvalue weighted by molar-refractivity contribution is 7.99. The van der Waals surface area contributed by atoms with E-state index < -0.39 is 0 Å². The van der Waals surface area contributed by atoms with E-state index in [9.17, 15) is 9.18 Å². The van der Waals surface area contributed by atoms with Gasteiger partial charge >= 0.3 is 0 Å². The number of nitrogens with zero attached hydrogens (tertiary/aromatic N) is 4. The number of hydrazone groups is 1. The largest absolute Gasteiger partial charge is 0.489 e. The molecule has 3 aromatic rings. The monoisotopic (exact) mass is 399 g/mol. The third-order valence-corrected chi connectivity index (χ3v) is 4.67. The number of amides is 1. The number of carbonyl (C=O) groups is 1. The van der Waals surface area contributed by atoms with E-state index in [4.69, 9.17) is 4.74 Å². The highest BCUT2D eigenvalue weighted by Gasteiger charge is 2.06. The topological polar surface area (TPSA) is 81.4 Å². The molecular weight excluding hydrogens is 381 g/mol. The number of halogens is 1. The molecule has 9 heteroatoms. The lowest BCUT2D eigenvalue weighted by Gasteiger charge is -2.07. The lowest BCUT2D eigenvalue weighted by molar-refractivity contribution is -0.118. The maximum Gasteiger partial charge on any atom is 0.250 e. The smallest absolute Gasteiger partial charge is 0.250 e. The predicted molar refractivity (Wildman–Crippen MR) is 105 cm³/mol. The molecule has 0 spiro atoms. The molecule has 1 amide bonds. The Morgan fingerprint density at radius 2 is 2.07 bits per heavy atom. The third kappa shape index (κ3) is 5.65. The molecule has 0 fully saturated rings. The number of aromatic nitrogens is 3. The molecule has 0 radical (unpaired) electrons. The first-order valence-electron chi connectivity index (χ1n) is 8.37. The highest BCUT2D eigenvalue weighted by Crippen LogP contribution is 2.15. The van der Waals surface area contributed by atoms with Crippen molar-refractivity contribution in [1.29, 1.82) is 0 Å². The van der Waals surface area contributed by atoms with E-state index in [1.54, 1.807) is 53.4 Å². The molecule has 0 unspecified atom stereocenters. The number of aryl methyl sites for hydroxylation is 1. The predicted octanol–water partition coefficient (Wildman–Crippen LogP) is 2.78. The Balaban J connectivity index is 1.44. The van der Waals surface area contributed by atoms with Crippen molar-refractivity contribution < 1.29 is 13.9 Å². The van der Waals surface area contributed by atoms with Crippen LogP contribution in [-0.2, 0) is 18.4 Å². The number of nitrogens with one attached hydrogen (secondary N) is 1. The van der Waals surface area contributed by atoms with Gasteiger partial charge in [0.1, 0.15) is 24.5 Å². The summed E-state index contributed by atoms with van der Waals surface area (Å²) in [6, 6.07) is 13.6. The van der Waals surface area contributed by atoms with Gasteiger partial charge in [0, 0.05) is 12.6 Å². The van der Waals surface area contributed by atoms with Crippen LogP contribution in [0, 0.1) is 5.82 Å². The molecule has 1 aromatic heterocycles. The van der Waals surface area contributed by atoms with E-state index in [2.05, 4.69) is 20.7 Å². The van der Waals surface area contributed by atoms with Gasteiger partial charge in [-0.1, -0.05) is 30.0 Å². The zero-order valence-corrected chi connectivity index (χ0v) is 15.9. The molecule has 0 saturated heterocycles.